The minimum absolute atomic E-state index is 0.125. The van der Waals surface area contributed by atoms with Crippen LogP contribution >= 0.6 is 22.9 Å². The number of carbonyl (C=O) groups is 1. The van der Waals surface area contributed by atoms with Gasteiger partial charge in [-0.1, -0.05) is 11.6 Å². The standard InChI is InChI=1S/C7H9ClN2OS/c1-4(2)9-6(11)7-10-5(8)3-12-7/h3-4H,1-2H3,(H,9,11). The molecule has 66 valence electrons. The highest BCUT2D eigenvalue weighted by Gasteiger charge is 2.10. The Hall–Kier alpha value is -0.610. The van der Waals surface area contributed by atoms with Gasteiger partial charge in [0.05, 0.1) is 0 Å². The molecule has 1 aromatic rings. The van der Waals surface area contributed by atoms with E-state index in [9.17, 15) is 4.79 Å². The number of thiazole rings is 1. The quantitative estimate of drug-likeness (QED) is 0.800. The van der Waals surface area contributed by atoms with Crippen LogP contribution in [0.1, 0.15) is 23.6 Å². The molecule has 0 saturated carbocycles. The fourth-order valence-corrected chi connectivity index (χ4v) is 1.53. The van der Waals surface area contributed by atoms with Crippen molar-refractivity contribution >= 4 is 28.8 Å². The molecule has 0 radical (unpaired) electrons. The molecule has 1 aromatic heterocycles. The van der Waals surface area contributed by atoms with Gasteiger partial charge in [0.2, 0.25) is 0 Å². The van der Waals surface area contributed by atoms with E-state index in [2.05, 4.69) is 10.3 Å². The Labute approximate surface area is 79.8 Å². The number of nitrogens with one attached hydrogen (secondary N) is 1. The number of nitrogens with zero attached hydrogens (tertiary/aromatic N) is 1. The molecular formula is C7H9ClN2OS. The molecule has 0 aliphatic carbocycles. The van der Waals surface area contributed by atoms with Gasteiger partial charge in [0.25, 0.3) is 5.91 Å². The Kier molecular flexibility index (Phi) is 3.05. The van der Waals surface area contributed by atoms with Crippen molar-refractivity contribution in [2.75, 3.05) is 0 Å². The van der Waals surface area contributed by atoms with Gasteiger partial charge < -0.3 is 5.32 Å². The second-order valence-electron chi connectivity index (χ2n) is 2.60. The van der Waals surface area contributed by atoms with Gasteiger partial charge >= 0.3 is 0 Å². The lowest BCUT2D eigenvalue weighted by Crippen LogP contribution is -2.29. The fraction of sp³-hybridized carbons (Fsp3) is 0.429. The maximum atomic E-state index is 11.2. The highest BCUT2D eigenvalue weighted by molar-refractivity contribution is 7.12. The third-order valence-electron chi connectivity index (χ3n) is 1.09. The molecule has 0 aromatic carbocycles. The van der Waals surface area contributed by atoms with Crippen LogP contribution in [0.2, 0.25) is 5.15 Å². The maximum absolute atomic E-state index is 11.2. The highest BCUT2D eigenvalue weighted by Crippen LogP contribution is 2.13. The normalized spacial score (nSPS) is 10.3. The SMILES string of the molecule is CC(C)NC(=O)c1nc(Cl)cs1. The van der Waals surface area contributed by atoms with E-state index in [0.29, 0.717) is 10.2 Å². The molecular weight excluding hydrogens is 196 g/mol. The van der Waals surface area contributed by atoms with Gasteiger partial charge in [-0.25, -0.2) is 4.98 Å². The molecule has 0 atom stereocenters. The van der Waals surface area contributed by atoms with E-state index in [1.807, 2.05) is 13.8 Å². The zero-order chi connectivity index (χ0) is 9.14. The van der Waals surface area contributed by atoms with Crippen molar-refractivity contribution in [3.8, 4) is 0 Å². The van der Waals surface area contributed by atoms with Crippen LogP contribution in [0.5, 0.6) is 0 Å². The molecule has 0 aliphatic heterocycles. The minimum atomic E-state index is -0.165. The van der Waals surface area contributed by atoms with Crippen LogP contribution in [-0.4, -0.2) is 16.9 Å². The summed E-state index contributed by atoms with van der Waals surface area (Å²) in [5, 5.41) is 5.14. The molecule has 0 spiro atoms. The van der Waals surface area contributed by atoms with E-state index >= 15 is 0 Å². The van der Waals surface area contributed by atoms with Crippen molar-refractivity contribution in [3.63, 3.8) is 0 Å². The average molecular weight is 205 g/mol. The van der Waals surface area contributed by atoms with E-state index in [1.54, 1.807) is 5.38 Å². The number of halogens is 1. The minimum Gasteiger partial charge on any atom is -0.348 e. The summed E-state index contributed by atoms with van der Waals surface area (Å²) >= 11 is 6.80. The summed E-state index contributed by atoms with van der Waals surface area (Å²) in [7, 11) is 0. The molecule has 0 bridgehead atoms. The largest absolute Gasteiger partial charge is 0.348 e. The Morgan fingerprint density at radius 1 is 1.75 bits per heavy atom. The van der Waals surface area contributed by atoms with E-state index < -0.39 is 0 Å². The summed E-state index contributed by atoms with van der Waals surface area (Å²) < 4.78 is 0. The maximum Gasteiger partial charge on any atom is 0.280 e. The monoisotopic (exact) mass is 204 g/mol. The van der Waals surface area contributed by atoms with Crippen molar-refractivity contribution in [2.24, 2.45) is 0 Å². The number of hydrogen-bond donors (Lipinski definition) is 1. The average Bonchev–Trinajstić information content (AvgIpc) is 2.34. The van der Waals surface area contributed by atoms with Crippen molar-refractivity contribution in [2.45, 2.75) is 19.9 Å². The smallest absolute Gasteiger partial charge is 0.280 e. The summed E-state index contributed by atoms with van der Waals surface area (Å²) in [6, 6.07) is 0.125. The summed E-state index contributed by atoms with van der Waals surface area (Å²) in [6.45, 7) is 3.79. The molecule has 0 saturated heterocycles. The lowest BCUT2D eigenvalue weighted by molar-refractivity contribution is 0.0943. The van der Waals surface area contributed by atoms with Crippen LogP contribution in [0.4, 0.5) is 0 Å². The van der Waals surface area contributed by atoms with Gasteiger partial charge in [-0.2, -0.15) is 0 Å². The third kappa shape index (κ3) is 2.46. The molecule has 0 aliphatic rings. The van der Waals surface area contributed by atoms with Gasteiger partial charge in [0.1, 0.15) is 5.15 Å². The first kappa shape index (κ1) is 9.48. The van der Waals surface area contributed by atoms with Gasteiger partial charge in [-0.3, -0.25) is 4.79 Å². The van der Waals surface area contributed by atoms with Gasteiger partial charge in [-0.05, 0) is 13.8 Å². The first-order valence-corrected chi connectivity index (χ1v) is 4.77. The number of amides is 1. The van der Waals surface area contributed by atoms with Crippen LogP contribution in [0, 0.1) is 0 Å². The zero-order valence-electron chi connectivity index (χ0n) is 6.80. The highest BCUT2D eigenvalue weighted by atomic mass is 35.5. The van der Waals surface area contributed by atoms with Gasteiger partial charge in [0.15, 0.2) is 5.01 Å². The van der Waals surface area contributed by atoms with Gasteiger partial charge in [0, 0.05) is 11.4 Å². The third-order valence-corrected chi connectivity index (χ3v) is 2.25. The molecule has 12 heavy (non-hydrogen) atoms. The summed E-state index contributed by atoms with van der Waals surface area (Å²) in [6.07, 6.45) is 0. The Balaban J connectivity index is 2.65. The lowest BCUT2D eigenvalue weighted by Gasteiger charge is -2.04. The number of rotatable bonds is 2. The van der Waals surface area contributed by atoms with E-state index in [-0.39, 0.29) is 11.9 Å². The lowest BCUT2D eigenvalue weighted by atomic mass is 10.4. The van der Waals surface area contributed by atoms with E-state index in [4.69, 9.17) is 11.6 Å². The van der Waals surface area contributed by atoms with Crippen LogP contribution in [0.3, 0.4) is 0 Å². The van der Waals surface area contributed by atoms with Crippen molar-refractivity contribution in [1.82, 2.24) is 10.3 Å². The first-order chi connectivity index (χ1) is 5.59. The molecule has 1 rings (SSSR count). The predicted molar refractivity (Wildman–Crippen MR) is 49.7 cm³/mol. The Bertz CT molecular complexity index is 285. The number of carbonyl (C=O) groups excluding carboxylic acids is 1. The van der Waals surface area contributed by atoms with E-state index in [0.717, 1.165) is 0 Å². The van der Waals surface area contributed by atoms with Crippen LogP contribution in [-0.2, 0) is 0 Å². The molecule has 1 N–H and O–H groups in total. The molecule has 1 heterocycles. The van der Waals surface area contributed by atoms with E-state index in [1.165, 1.54) is 11.3 Å². The molecule has 3 nitrogen and oxygen atoms in total. The number of aromatic nitrogens is 1. The topological polar surface area (TPSA) is 42.0 Å². The molecule has 0 unspecified atom stereocenters. The van der Waals surface area contributed by atoms with Crippen LogP contribution in [0.15, 0.2) is 5.38 Å². The second-order valence-corrected chi connectivity index (χ2v) is 3.85. The molecule has 5 heteroatoms. The molecule has 1 amide bonds. The fourth-order valence-electron chi connectivity index (χ4n) is 0.682. The second kappa shape index (κ2) is 3.87. The van der Waals surface area contributed by atoms with Gasteiger partial charge in [-0.15, -0.1) is 11.3 Å². The number of hydrogen-bond acceptors (Lipinski definition) is 3. The summed E-state index contributed by atoms with van der Waals surface area (Å²) in [4.78, 5) is 15.1. The Morgan fingerprint density at radius 3 is 2.83 bits per heavy atom. The Morgan fingerprint density at radius 2 is 2.42 bits per heavy atom. The summed E-state index contributed by atoms with van der Waals surface area (Å²) in [5.74, 6) is -0.165. The summed E-state index contributed by atoms with van der Waals surface area (Å²) in [5.41, 5.74) is 0. The first-order valence-electron chi connectivity index (χ1n) is 3.51. The van der Waals surface area contributed by atoms with Crippen molar-refractivity contribution < 1.29 is 4.79 Å². The van der Waals surface area contributed by atoms with Crippen LogP contribution in [0.25, 0.3) is 0 Å². The van der Waals surface area contributed by atoms with Crippen molar-refractivity contribution in [3.05, 3.63) is 15.5 Å². The van der Waals surface area contributed by atoms with Crippen LogP contribution < -0.4 is 5.32 Å². The predicted octanol–water partition coefficient (Wildman–Crippen LogP) is 1.93. The molecule has 0 fully saturated rings. The zero-order valence-corrected chi connectivity index (χ0v) is 8.37. The van der Waals surface area contributed by atoms with Crippen molar-refractivity contribution in [1.29, 1.82) is 0 Å².